The molecule has 1 unspecified atom stereocenters. The van der Waals surface area contributed by atoms with E-state index < -0.39 is 5.69 Å². The lowest BCUT2D eigenvalue weighted by Gasteiger charge is -2.26. The Hall–Kier alpha value is -1.07. The molecule has 0 amide bonds. The summed E-state index contributed by atoms with van der Waals surface area (Å²) in [4.78, 5) is 28.6. The third-order valence-electron chi connectivity index (χ3n) is 2.96. The van der Waals surface area contributed by atoms with E-state index in [-0.39, 0.29) is 22.7 Å². The van der Waals surface area contributed by atoms with Crippen molar-refractivity contribution in [2.24, 2.45) is 5.92 Å². The fourth-order valence-corrected chi connectivity index (χ4v) is 2.04. The van der Waals surface area contributed by atoms with E-state index in [4.69, 9.17) is 11.6 Å². The van der Waals surface area contributed by atoms with Crippen LogP contribution in [0.15, 0.2) is 9.59 Å². The summed E-state index contributed by atoms with van der Waals surface area (Å²) in [5, 5.41) is 0.119. The molecule has 0 aliphatic carbocycles. The summed E-state index contributed by atoms with van der Waals surface area (Å²) in [6.07, 6.45) is 0. The van der Waals surface area contributed by atoms with Gasteiger partial charge in [0.2, 0.25) is 0 Å². The zero-order valence-corrected chi connectivity index (χ0v) is 12.2. The molecule has 0 saturated carbocycles. The van der Waals surface area contributed by atoms with Crippen molar-refractivity contribution in [1.82, 2.24) is 14.5 Å². The van der Waals surface area contributed by atoms with E-state index in [1.165, 1.54) is 4.57 Å². The average molecular weight is 274 g/mol. The molecule has 0 bridgehead atoms. The van der Waals surface area contributed by atoms with Crippen molar-refractivity contribution >= 4 is 11.6 Å². The fourth-order valence-electron chi connectivity index (χ4n) is 1.88. The first-order valence-electron chi connectivity index (χ1n) is 5.91. The SMILES string of the molecule is Cc1c(Cl)[nH]c(=O)n(C(CN(C)C)C(C)C)c1=O. The van der Waals surface area contributed by atoms with Crippen LogP contribution >= 0.6 is 11.6 Å². The standard InChI is InChI=1S/C12H20ClN3O2/c1-7(2)9(6-15(4)5)16-11(17)8(3)10(13)14-12(16)18/h7,9H,6H2,1-5H3,(H,14,18). The minimum Gasteiger partial charge on any atom is -0.307 e. The third kappa shape index (κ3) is 3.03. The number of likely N-dealkylation sites (N-methyl/N-ethyl adjacent to an activating group) is 1. The van der Waals surface area contributed by atoms with Crippen LogP contribution in [0.5, 0.6) is 0 Å². The number of nitrogens with zero attached hydrogens (tertiary/aromatic N) is 2. The molecule has 1 aromatic heterocycles. The Morgan fingerprint density at radius 3 is 2.33 bits per heavy atom. The van der Waals surface area contributed by atoms with Crippen LogP contribution in [0.1, 0.15) is 25.5 Å². The molecule has 1 aromatic rings. The summed E-state index contributed by atoms with van der Waals surface area (Å²) in [5.41, 5.74) is -0.388. The molecule has 1 rings (SSSR count). The minimum absolute atomic E-state index is 0.119. The fraction of sp³-hybridized carbons (Fsp3) is 0.667. The van der Waals surface area contributed by atoms with Crippen molar-refractivity contribution < 1.29 is 0 Å². The van der Waals surface area contributed by atoms with Gasteiger partial charge in [0.05, 0.1) is 6.04 Å². The van der Waals surface area contributed by atoms with Crippen LogP contribution in [-0.4, -0.2) is 35.1 Å². The molecule has 0 saturated heterocycles. The molecule has 1 heterocycles. The molecular weight excluding hydrogens is 254 g/mol. The molecule has 0 aliphatic rings. The number of H-pyrrole nitrogens is 1. The van der Waals surface area contributed by atoms with Crippen LogP contribution < -0.4 is 11.2 Å². The van der Waals surface area contributed by atoms with Crippen LogP contribution in [0.3, 0.4) is 0 Å². The summed E-state index contributed by atoms with van der Waals surface area (Å²) in [6.45, 7) is 6.22. The molecule has 6 heteroatoms. The molecule has 0 spiro atoms. The first-order chi connectivity index (χ1) is 8.25. The number of rotatable bonds is 4. The molecule has 102 valence electrons. The second kappa shape index (κ2) is 5.71. The smallest absolute Gasteiger partial charge is 0.307 e. The van der Waals surface area contributed by atoms with Gasteiger partial charge in [0.1, 0.15) is 5.15 Å². The Morgan fingerprint density at radius 2 is 1.89 bits per heavy atom. The van der Waals surface area contributed by atoms with Gasteiger partial charge in [0.15, 0.2) is 0 Å². The van der Waals surface area contributed by atoms with Crippen molar-refractivity contribution in [1.29, 1.82) is 0 Å². The predicted molar refractivity (Wildman–Crippen MR) is 73.5 cm³/mol. The first kappa shape index (κ1) is 15.0. The van der Waals surface area contributed by atoms with E-state index in [2.05, 4.69) is 4.98 Å². The van der Waals surface area contributed by atoms with Crippen LogP contribution in [0.2, 0.25) is 5.15 Å². The molecule has 18 heavy (non-hydrogen) atoms. The van der Waals surface area contributed by atoms with Gasteiger partial charge in [-0.1, -0.05) is 25.4 Å². The average Bonchev–Trinajstić information content (AvgIpc) is 2.24. The van der Waals surface area contributed by atoms with Gasteiger partial charge in [-0.3, -0.25) is 14.3 Å². The highest BCUT2D eigenvalue weighted by atomic mass is 35.5. The van der Waals surface area contributed by atoms with Crippen molar-refractivity contribution in [2.75, 3.05) is 20.6 Å². The second-order valence-electron chi connectivity index (χ2n) is 5.12. The summed E-state index contributed by atoms with van der Waals surface area (Å²) < 4.78 is 1.27. The quantitative estimate of drug-likeness (QED) is 0.840. The number of nitrogens with one attached hydrogen (secondary N) is 1. The molecule has 0 aliphatic heterocycles. The Bertz CT molecular complexity index is 531. The van der Waals surface area contributed by atoms with E-state index in [1.54, 1.807) is 6.92 Å². The van der Waals surface area contributed by atoms with Gasteiger partial charge in [0, 0.05) is 12.1 Å². The maximum atomic E-state index is 12.2. The second-order valence-corrected chi connectivity index (χ2v) is 5.50. The monoisotopic (exact) mass is 273 g/mol. The van der Waals surface area contributed by atoms with Gasteiger partial charge in [-0.05, 0) is 26.9 Å². The lowest BCUT2D eigenvalue weighted by molar-refractivity contribution is 0.258. The highest BCUT2D eigenvalue weighted by molar-refractivity contribution is 6.30. The Labute approximate surface area is 111 Å². The van der Waals surface area contributed by atoms with Gasteiger partial charge in [-0.2, -0.15) is 0 Å². The zero-order chi connectivity index (χ0) is 14.0. The van der Waals surface area contributed by atoms with Crippen molar-refractivity contribution in [3.63, 3.8) is 0 Å². The van der Waals surface area contributed by atoms with Crippen LogP contribution in [0, 0.1) is 12.8 Å². The van der Waals surface area contributed by atoms with Gasteiger partial charge in [0.25, 0.3) is 5.56 Å². The molecule has 0 aromatic carbocycles. The molecule has 1 atom stereocenters. The normalized spacial score (nSPS) is 13.3. The van der Waals surface area contributed by atoms with Crippen LogP contribution in [0.25, 0.3) is 0 Å². The largest absolute Gasteiger partial charge is 0.329 e. The third-order valence-corrected chi connectivity index (χ3v) is 3.34. The Morgan fingerprint density at radius 1 is 1.33 bits per heavy atom. The van der Waals surface area contributed by atoms with E-state index in [9.17, 15) is 9.59 Å². The highest BCUT2D eigenvalue weighted by Gasteiger charge is 2.21. The maximum absolute atomic E-state index is 12.2. The number of hydrogen-bond acceptors (Lipinski definition) is 3. The van der Waals surface area contributed by atoms with E-state index in [0.717, 1.165) is 0 Å². The summed E-state index contributed by atoms with van der Waals surface area (Å²) in [7, 11) is 3.83. The Kier molecular flexibility index (Phi) is 4.76. The van der Waals surface area contributed by atoms with E-state index >= 15 is 0 Å². The summed E-state index contributed by atoms with van der Waals surface area (Å²) >= 11 is 5.80. The molecule has 5 nitrogen and oxygen atoms in total. The number of halogens is 1. The molecule has 0 radical (unpaired) electrons. The van der Waals surface area contributed by atoms with Crippen LogP contribution in [0.4, 0.5) is 0 Å². The number of hydrogen-bond donors (Lipinski definition) is 1. The topological polar surface area (TPSA) is 58.1 Å². The molecule has 1 N–H and O–H groups in total. The zero-order valence-electron chi connectivity index (χ0n) is 11.5. The highest BCUT2D eigenvalue weighted by Crippen LogP contribution is 2.15. The lowest BCUT2D eigenvalue weighted by Crippen LogP contribution is -2.44. The van der Waals surface area contributed by atoms with Gasteiger partial charge < -0.3 is 4.90 Å². The van der Waals surface area contributed by atoms with Gasteiger partial charge in [-0.15, -0.1) is 0 Å². The molecule has 0 fully saturated rings. The predicted octanol–water partition coefficient (Wildman–Crippen LogP) is 1.26. The maximum Gasteiger partial charge on any atom is 0.329 e. The minimum atomic E-state index is -0.448. The first-order valence-corrected chi connectivity index (χ1v) is 6.29. The van der Waals surface area contributed by atoms with Gasteiger partial charge >= 0.3 is 5.69 Å². The number of aromatic amines is 1. The van der Waals surface area contributed by atoms with Gasteiger partial charge in [-0.25, -0.2) is 4.79 Å². The number of aromatic nitrogens is 2. The van der Waals surface area contributed by atoms with E-state index in [0.29, 0.717) is 12.1 Å². The Balaban J connectivity index is 3.42. The van der Waals surface area contributed by atoms with Crippen molar-refractivity contribution in [3.05, 3.63) is 31.6 Å². The summed E-state index contributed by atoms with van der Waals surface area (Å²) in [5.74, 6) is 0.173. The lowest BCUT2D eigenvalue weighted by atomic mass is 10.0. The van der Waals surface area contributed by atoms with Crippen molar-refractivity contribution in [2.45, 2.75) is 26.8 Å². The van der Waals surface area contributed by atoms with E-state index in [1.807, 2.05) is 32.8 Å². The summed E-state index contributed by atoms with van der Waals surface area (Å²) in [6, 6.07) is -0.174. The van der Waals surface area contributed by atoms with Crippen molar-refractivity contribution in [3.8, 4) is 0 Å². The van der Waals surface area contributed by atoms with Crippen LogP contribution in [-0.2, 0) is 0 Å². The molecular formula is C12H20ClN3O2.